The zero-order valence-electron chi connectivity index (χ0n) is 14.8. The van der Waals surface area contributed by atoms with E-state index in [4.69, 9.17) is 0 Å². The molecule has 0 aliphatic carbocycles. The first-order valence-electron chi connectivity index (χ1n) is 9.31. The highest BCUT2D eigenvalue weighted by molar-refractivity contribution is 9.10. The molecule has 142 valence electrons. The maximum Gasteiger partial charge on any atom is 0.321 e. The number of hydrogen-bond acceptors (Lipinski definition) is 2. The Bertz CT molecular complexity index is 656. The van der Waals surface area contributed by atoms with Gasteiger partial charge in [0.05, 0.1) is 5.69 Å². The van der Waals surface area contributed by atoms with E-state index in [0.717, 1.165) is 38.8 Å². The van der Waals surface area contributed by atoms with Crippen molar-refractivity contribution < 1.29 is 14.0 Å². The molecular formula is C19H25BrFN3O2. The summed E-state index contributed by atoms with van der Waals surface area (Å²) >= 11 is 3.20. The van der Waals surface area contributed by atoms with Crippen molar-refractivity contribution in [2.75, 3.05) is 31.5 Å². The average Bonchev–Trinajstić information content (AvgIpc) is 2.65. The molecule has 2 heterocycles. The topological polar surface area (TPSA) is 52.7 Å². The van der Waals surface area contributed by atoms with E-state index in [0.29, 0.717) is 29.9 Å². The van der Waals surface area contributed by atoms with E-state index in [2.05, 4.69) is 21.2 Å². The molecule has 0 spiro atoms. The summed E-state index contributed by atoms with van der Waals surface area (Å²) in [7, 11) is 0. The third kappa shape index (κ3) is 4.96. The molecule has 2 aliphatic rings. The summed E-state index contributed by atoms with van der Waals surface area (Å²) in [5.41, 5.74) is 0.181. The number of halogens is 2. The van der Waals surface area contributed by atoms with Crippen LogP contribution in [0.15, 0.2) is 22.7 Å². The number of carbonyl (C=O) groups excluding carboxylic acids is 2. The number of benzene rings is 1. The number of likely N-dealkylation sites (tertiary alicyclic amines) is 2. The van der Waals surface area contributed by atoms with Crippen molar-refractivity contribution in [1.29, 1.82) is 0 Å². The number of nitrogens with zero attached hydrogens (tertiary/aromatic N) is 2. The smallest absolute Gasteiger partial charge is 0.321 e. The van der Waals surface area contributed by atoms with Gasteiger partial charge in [0.15, 0.2) is 0 Å². The fraction of sp³-hybridized carbons (Fsp3) is 0.579. The molecule has 0 atom stereocenters. The molecule has 0 aromatic heterocycles. The Balaban J connectivity index is 1.45. The summed E-state index contributed by atoms with van der Waals surface area (Å²) in [5.74, 6) is 0.122. The number of carbonyl (C=O) groups is 2. The Kier molecular flexibility index (Phi) is 6.51. The fourth-order valence-electron chi connectivity index (χ4n) is 3.64. The number of nitrogens with one attached hydrogen (secondary N) is 1. The number of anilines is 1. The van der Waals surface area contributed by atoms with Gasteiger partial charge in [-0.25, -0.2) is 9.18 Å². The van der Waals surface area contributed by atoms with E-state index >= 15 is 0 Å². The standard InChI is InChI=1S/C19H25BrFN3O2/c20-15-4-5-17(16(21)13-15)22-19(26)24-10-6-14(7-11-24)12-18(25)23-8-2-1-3-9-23/h4-5,13-14H,1-3,6-12H2,(H,22,26). The van der Waals surface area contributed by atoms with Gasteiger partial charge in [-0.3, -0.25) is 4.79 Å². The van der Waals surface area contributed by atoms with Gasteiger partial charge < -0.3 is 15.1 Å². The molecule has 3 amide bonds. The molecular weight excluding hydrogens is 401 g/mol. The van der Waals surface area contributed by atoms with Crippen LogP contribution in [0.5, 0.6) is 0 Å². The van der Waals surface area contributed by atoms with Crippen LogP contribution in [-0.2, 0) is 4.79 Å². The van der Waals surface area contributed by atoms with Gasteiger partial charge in [-0.15, -0.1) is 0 Å². The largest absolute Gasteiger partial charge is 0.343 e. The molecule has 5 nitrogen and oxygen atoms in total. The summed E-state index contributed by atoms with van der Waals surface area (Å²) in [6, 6.07) is 4.28. The number of amides is 3. The Morgan fingerprint density at radius 1 is 1.08 bits per heavy atom. The van der Waals surface area contributed by atoms with Crippen molar-refractivity contribution in [1.82, 2.24) is 9.80 Å². The first-order chi connectivity index (χ1) is 12.5. The lowest BCUT2D eigenvalue weighted by molar-refractivity contribution is -0.133. The van der Waals surface area contributed by atoms with Gasteiger partial charge in [-0.2, -0.15) is 0 Å². The molecule has 0 bridgehead atoms. The molecule has 1 N–H and O–H groups in total. The van der Waals surface area contributed by atoms with Gasteiger partial charge >= 0.3 is 6.03 Å². The lowest BCUT2D eigenvalue weighted by Gasteiger charge is -2.33. The molecule has 7 heteroatoms. The van der Waals surface area contributed by atoms with Gasteiger partial charge in [-0.1, -0.05) is 15.9 Å². The minimum Gasteiger partial charge on any atom is -0.343 e. The molecule has 0 radical (unpaired) electrons. The Hall–Kier alpha value is -1.63. The minimum absolute atomic E-state index is 0.181. The Morgan fingerprint density at radius 3 is 2.42 bits per heavy atom. The van der Waals surface area contributed by atoms with E-state index in [9.17, 15) is 14.0 Å². The summed E-state index contributed by atoms with van der Waals surface area (Å²) in [4.78, 5) is 28.4. The molecule has 3 rings (SSSR count). The summed E-state index contributed by atoms with van der Waals surface area (Å²) in [6.45, 7) is 2.97. The van der Waals surface area contributed by atoms with E-state index in [-0.39, 0.29) is 17.6 Å². The van der Waals surface area contributed by atoms with Crippen LogP contribution in [0.3, 0.4) is 0 Å². The van der Waals surface area contributed by atoms with Gasteiger partial charge in [0.25, 0.3) is 0 Å². The number of urea groups is 1. The van der Waals surface area contributed by atoms with Crippen LogP contribution < -0.4 is 5.32 Å². The van der Waals surface area contributed by atoms with Crippen molar-refractivity contribution >= 4 is 33.6 Å². The molecule has 0 saturated carbocycles. The van der Waals surface area contributed by atoms with Crippen LogP contribution >= 0.6 is 15.9 Å². The fourth-order valence-corrected chi connectivity index (χ4v) is 3.98. The molecule has 1 aromatic carbocycles. The highest BCUT2D eigenvalue weighted by Gasteiger charge is 2.27. The highest BCUT2D eigenvalue weighted by atomic mass is 79.9. The highest BCUT2D eigenvalue weighted by Crippen LogP contribution is 2.24. The molecule has 26 heavy (non-hydrogen) atoms. The average molecular weight is 426 g/mol. The van der Waals surface area contributed by atoms with Crippen LogP contribution in [0.2, 0.25) is 0 Å². The van der Waals surface area contributed by atoms with Crippen LogP contribution in [0.1, 0.15) is 38.5 Å². The maximum absolute atomic E-state index is 13.9. The predicted octanol–water partition coefficient (Wildman–Crippen LogP) is 4.23. The van der Waals surface area contributed by atoms with Gasteiger partial charge in [0.1, 0.15) is 5.82 Å². The predicted molar refractivity (Wildman–Crippen MR) is 102 cm³/mol. The minimum atomic E-state index is -0.463. The summed E-state index contributed by atoms with van der Waals surface area (Å²) < 4.78 is 14.5. The molecule has 2 saturated heterocycles. The SMILES string of the molecule is O=C(CC1CCN(C(=O)Nc2ccc(Br)cc2F)CC1)N1CCCCC1. The van der Waals surface area contributed by atoms with Gasteiger partial charge in [0, 0.05) is 37.1 Å². The van der Waals surface area contributed by atoms with Crippen molar-refractivity contribution in [3.8, 4) is 0 Å². The van der Waals surface area contributed by atoms with E-state index < -0.39 is 5.82 Å². The summed E-state index contributed by atoms with van der Waals surface area (Å²) in [5, 5.41) is 2.63. The second-order valence-electron chi connectivity index (χ2n) is 7.13. The first-order valence-corrected chi connectivity index (χ1v) is 10.1. The number of piperidine rings is 2. The molecule has 2 fully saturated rings. The Morgan fingerprint density at radius 2 is 1.77 bits per heavy atom. The normalized spacial score (nSPS) is 18.7. The quantitative estimate of drug-likeness (QED) is 0.787. The maximum atomic E-state index is 13.9. The lowest BCUT2D eigenvalue weighted by atomic mass is 9.93. The van der Waals surface area contributed by atoms with Crippen molar-refractivity contribution in [3.63, 3.8) is 0 Å². The van der Waals surface area contributed by atoms with Gasteiger partial charge in [0.2, 0.25) is 5.91 Å². The second kappa shape index (κ2) is 8.84. The van der Waals surface area contributed by atoms with Crippen molar-refractivity contribution in [2.24, 2.45) is 5.92 Å². The van der Waals surface area contributed by atoms with Crippen molar-refractivity contribution in [2.45, 2.75) is 38.5 Å². The van der Waals surface area contributed by atoms with E-state index in [1.165, 1.54) is 12.5 Å². The van der Waals surface area contributed by atoms with Crippen molar-refractivity contribution in [3.05, 3.63) is 28.5 Å². The van der Waals surface area contributed by atoms with E-state index in [1.807, 2.05) is 4.90 Å². The van der Waals surface area contributed by atoms with Crippen LogP contribution in [-0.4, -0.2) is 47.9 Å². The zero-order chi connectivity index (χ0) is 18.5. The summed E-state index contributed by atoms with van der Waals surface area (Å²) in [6.07, 6.45) is 5.65. The van der Waals surface area contributed by atoms with Crippen LogP contribution in [0, 0.1) is 11.7 Å². The van der Waals surface area contributed by atoms with Crippen LogP contribution in [0.4, 0.5) is 14.9 Å². The second-order valence-corrected chi connectivity index (χ2v) is 8.05. The molecule has 0 unspecified atom stereocenters. The Labute approximate surface area is 162 Å². The number of rotatable bonds is 3. The zero-order valence-corrected chi connectivity index (χ0v) is 16.4. The molecule has 1 aromatic rings. The third-order valence-corrected chi connectivity index (χ3v) is 5.74. The monoisotopic (exact) mass is 425 g/mol. The molecule has 2 aliphatic heterocycles. The van der Waals surface area contributed by atoms with Crippen LogP contribution in [0.25, 0.3) is 0 Å². The lowest BCUT2D eigenvalue weighted by Crippen LogP contribution is -2.43. The third-order valence-electron chi connectivity index (χ3n) is 5.25. The van der Waals surface area contributed by atoms with Gasteiger partial charge in [-0.05, 0) is 56.2 Å². The van der Waals surface area contributed by atoms with E-state index in [1.54, 1.807) is 17.0 Å². The number of hydrogen-bond donors (Lipinski definition) is 1. The first kappa shape index (κ1) is 19.1.